The monoisotopic (exact) mass is 254 g/mol. The minimum absolute atomic E-state index is 0.100. The number of aryl methyl sites for hydroxylation is 1. The molecule has 4 N–H and O–H groups in total. The molecule has 1 heterocycles. The molecule has 18 heavy (non-hydrogen) atoms. The number of oxazole rings is 1. The predicted molar refractivity (Wildman–Crippen MR) is 64.9 cm³/mol. The lowest BCUT2D eigenvalue weighted by Crippen LogP contribution is -2.35. The van der Waals surface area contributed by atoms with Gasteiger partial charge in [-0.25, -0.2) is 4.98 Å². The largest absolute Gasteiger partial charge is 0.443 e. The van der Waals surface area contributed by atoms with Crippen molar-refractivity contribution in [1.29, 1.82) is 0 Å². The van der Waals surface area contributed by atoms with Crippen molar-refractivity contribution >= 4 is 11.8 Å². The minimum Gasteiger partial charge on any atom is -0.443 e. The summed E-state index contributed by atoms with van der Waals surface area (Å²) in [7, 11) is 1.49. The summed E-state index contributed by atoms with van der Waals surface area (Å²) < 4.78 is 5.32. The van der Waals surface area contributed by atoms with Crippen LogP contribution in [0.2, 0.25) is 0 Å². The van der Waals surface area contributed by atoms with Gasteiger partial charge in [-0.1, -0.05) is 6.92 Å². The molecule has 1 aromatic heterocycles. The molecule has 0 radical (unpaired) electrons. The van der Waals surface area contributed by atoms with E-state index in [9.17, 15) is 9.59 Å². The van der Waals surface area contributed by atoms with Crippen LogP contribution in [0.3, 0.4) is 0 Å². The molecule has 7 nitrogen and oxygen atoms in total. The fourth-order valence-electron chi connectivity index (χ4n) is 1.29. The van der Waals surface area contributed by atoms with Gasteiger partial charge in [0.15, 0.2) is 5.69 Å². The maximum Gasteiger partial charge on any atom is 0.273 e. The SMILES string of the molecule is CCC(N)c1nc(C(=O)NCC(=O)NC)c(C)o1. The average molecular weight is 254 g/mol. The van der Waals surface area contributed by atoms with Crippen LogP contribution in [-0.2, 0) is 4.79 Å². The fourth-order valence-corrected chi connectivity index (χ4v) is 1.29. The predicted octanol–water partition coefficient (Wildman–Crippen LogP) is -0.131. The first-order valence-electron chi connectivity index (χ1n) is 5.71. The third kappa shape index (κ3) is 3.30. The van der Waals surface area contributed by atoms with E-state index < -0.39 is 5.91 Å². The summed E-state index contributed by atoms with van der Waals surface area (Å²) in [5.74, 6) is -0.00668. The quantitative estimate of drug-likeness (QED) is 0.678. The molecule has 0 aliphatic heterocycles. The topological polar surface area (TPSA) is 110 Å². The first-order chi connectivity index (χ1) is 8.49. The Kier molecular flexibility index (Phi) is 4.85. The summed E-state index contributed by atoms with van der Waals surface area (Å²) in [6.45, 7) is 3.43. The number of hydrogen-bond acceptors (Lipinski definition) is 5. The summed E-state index contributed by atoms with van der Waals surface area (Å²) in [6.07, 6.45) is 0.666. The van der Waals surface area contributed by atoms with Crippen molar-refractivity contribution in [2.45, 2.75) is 26.3 Å². The second-order valence-electron chi connectivity index (χ2n) is 3.83. The van der Waals surface area contributed by atoms with Crippen LogP contribution in [0.1, 0.15) is 41.5 Å². The van der Waals surface area contributed by atoms with Crippen molar-refractivity contribution in [3.8, 4) is 0 Å². The Bertz CT molecular complexity index is 441. The van der Waals surface area contributed by atoms with Gasteiger partial charge in [-0.3, -0.25) is 9.59 Å². The molecule has 1 aromatic rings. The van der Waals surface area contributed by atoms with Gasteiger partial charge in [0.2, 0.25) is 11.8 Å². The molecule has 0 spiro atoms. The fraction of sp³-hybridized carbons (Fsp3) is 0.545. The molecule has 1 atom stereocenters. The van der Waals surface area contributed by atoms with Crippen molar-refractivity contribution in [3.63, 3.8) is 0 Å². The van der Waals surface area contributed by atoms with Crippen molar-refractivity contribution in [2.24, 2.45) is 5.73 Å². The van der Waals surface area contributed by atoms with E-state index in [-0.39, 0.29) is 24.2 Å². The third-order valence-electron chi connectivity index (χ3n) is 2.47. The number of rotatable bonds is 5. The first kappa shape index (κ1) is 14.2. The van der Waals surface area contributed by atoms with Crippen LogP contribution >= 0.6 is 0 Å². The Morgan fingerprint density at radius 1 is 1.50 bits per heavy atom. The normalized spacial score (nSPS) is 12.0. The Hall–Kier alpha value is -1.89. The summed E-state index contributed by atoms with van der Waals surface area (Å²) in [5, 5.41) is 4.85. The number of nitrogens with two attached hydrogens (primary N) is 1. The molecule has 100 valence electrons. The van der Waals surface area contributed by atoms with E-state index in [0.717, 1.165) is 0 Å². The van der Waals surface area contributed by atoms with Gasteiger partial charge in [-0.15, -0.1) is 0 Å². The van der Waals surface area contributed by atoms with E-state index in [4.69, 9.17) is 10.2 Å². The standard InChI is InChI=1S/C11H18N4O3/c1-4-7(12)11-15-9(6(2)18-11)10(17)14-5-8(16)13-3/h7H,4-5,12H2,1-3H3,(H,13,16)(H,14,17). The van der Waals surface area contributed by atoms with E-state index in [1.807, 2.05) is 6.92 Å². The summed E-state index contributed by atoms with van der Waals surface area (Å²) in [4.78, 5) is 26.8. The Morgan fingerprint density at radius 2 is 2.17 bits per heavy atom. The van der Waals surface area contributed by atoms with Gasteiger partial charge in [-0.2, -0.15) is 0 Å². The highest BCUT2D eigenvalue weighted by Crippen LogP contribution is 2.17. The second kappa shape index (κ2) is 6.15. The van der Waals surface area contributed by atoms with Gasteiger partial charge in [-0.05, 0) is 13.3 Å². The van der Waals surface area contributed by atoms with Crippen LogP contribution in [0, 0.1) is 6.92 Å². The van der Waals surface area contributed by atoms with Gasteiger partial charge in [0.1, 0.15) is 5.76 Å². The zero-order valence-electron chi connectivity index (χ0n) is 10.7. The molecule has 0 bridgehead atoms. The average Bonchev–Trinajstić information content (AvgIpc) is 2.76. The molecule has 0 saturated carbocycles. The van der Waals surface area contributed by atoms with Crippen molar-refractivity contribution in [1.82, 2.24) is 15.6 Å². The highest BCUT2D eigenvalue weighted by Gasteiger charge is 2.20. The smallest absolute Gasteiger partial charge is 0.273 e. The van der Waals surface area contributed by atoms with Crippen LogP contribution in [0.5, 0.6) is 0 Å². The van der Waals surface area contributed by atoms with Crippen LogP contribution < -0.4 is 16.4 Å². The summed E-state index contributed by atoms with van der Waals surface area (Å²) in [5.41, 5.74) is 5.93. The maximum atomic E-state index is 11.8. The minimum atomic E-state index is -0.450. The summed E-state index contributed by atoms with van der Waals surface area (Å²) >= 11 is 0. The number of nitrogens with one attached hydrogen (secondary N) is 2. The number of carbonyl (C=O) groups excluding carboxylic acids is 2. The van der Waals surface area contributed by atoms with Crippen LogP contribution in [0.15, 0.2) is 4.42 Å². The van der Waals surface area contributed by atoms with E-state index in [1.165, 1.54) is 7.05 Å². The molecule has 2 amide bonds. The van der Waals surface area contributed by atoms with E-state index in [0.29, 0.717) is 18.1 Å². The molecule has 0 aliphatic rings. The third-order valence-corrected chi connectivity index (χ3v) is 2.47. The van der Waals surface area contributed by atoms with E-state index >= 15 is 0 Å². The molecular formula is C11H18N4O3. The van der Waals surface area contributed by atoms with Gasteiger partial charge < -0.3 is 20.8 Å². The van der Waals surface area contributed by atoms with Crippen molar-refractivity contribution in [3.05, 3.63) is 17.3 Å². The van der Waals surface area contributed by atoms with Crippen LogP contribution in [-0.4, -0.2) is 30.4 Å². The number of hydrogen-bond donors (Lipinski definition) is 3. The van der Waals surface area contributed by atoms with Gasteiger partial charge in [0.25, 0.3) is 5.91 Å². The lowest BCUT2D eigenvalue weighted by Gasteiger charge is -2.02. The second-order valence-corrected chi connectivity index (χ2v) is 3.83. The first-order valence-corrected chi connectivity index (χ1v) is 5.71. The molecule has 0 fully saturated rings. The molecule has 0 saturated heterocycles. The number of nitrogens with zero attached hydrogens (tertiary/aromatic N) is 1. The number of aromatic nitrogens is 1. The maximum absolute atomic E-state index is 11.8. The summed E-state index contributed by atoms with van der Waals surface area (Å²) in [6, 6.07) is -0.329. The molecule has 7 heteroatoms. The van der Waals surface area contributed by atoms with Crippen LogP contribution in [0.4, 0.5) is 0 Å². The van der Waals surface area contributed by atoms with Gasteiger partial charge >= 0.3 is 0 Å². The lowest BCUT2D eigenvalue weighted by atomic mass is 10.2. The zero-order chi connectivity index (χ0) is 13.7. The van der Waals surface area contributed by atoms with Crippen LogP contribution in [0.25, 0.3) is 0 Å². The lowest BCUT2D eigenvalue weighted by molar-refractivity contribution is -0.119. The Labute approximate surface area is 105 Å². The zero-order valence-corrected chi connectivity index (χ0v) is 10.7. The molecule has 1 rings (SSSR count). The Balaban J connectivity index is 2.74. The van der Waals surface area contributed by atoms with Gasteiger partial charge in [0, 0.05) is 7.05 Å². The Morgan fingerprint density at radius 3 is 2.72 bits per heavy atom. The van der Waals surface area contributed by atoms with E-state index in [1.54, 1.807) is 6.92 Å². The highest BCUT2D eigenvalue weighted by atomic mass is 16.4. The van der Waals surface area contributed by atoms with Crippen molar-refractivity contribution < 1.29 is 14.0 Å². The molecular weight excluding hydrogens is 236 g/mol. The van der Waals surface area contributed by atoms with E-state index in [2.05, 4.69) is 15.6 Å². The number of likely N-dealkylation sites (N-methyl/N-ethyl adjacent to an activating group) is 1. The van der Waals surface area contributed by atoms with Gasteiger partial charge in [0.05, 0.1) is 12.6 Å². The number of amides is 2. The highest BCUT2D eigenvalue weighted by molar-refractivity contribution is 5.95. The molecule has 0 aromatic carbocycles. The number of carbonyl (C=O) groups is 2. The molecule has 0 aliphatic carbocycles. The molecule has 1 unspecified atom stereocenters. The van der Waals surface area contributed by atoms with Crippen molar-refractivity contribution in [2.75, 3.05) is 13.6 Å².